The third-order valence-electron chi connectivity index (χ3n) is 2.47. The average molecular weight is 239 g/mol. The van der Waals surface area contributed by atoms with E-state index in [1.165, 1.54) is 0 Å². The summed E-state index contributed by atoms with van der Waals surface area (Å²) >= 11 is 0. The van der Waals surface area contributed by atoms with Crippen LogP contribution in [0, 0.1) is 0 Å². The summed E-state index contributed by atoms with van der Waals surface area (Å²) in [5, 5.41) is 0. The molecule has 1 aliphatic rings. The molecule has 0 atom stereocenters. The molecule has 5 nitrogen and oxygen atoms in total. The molecule has 0 saturated heterocycles. The maximum atomic E-state index is 11.1. The molecule has 0 bridgehead atoms. The van der Waals surface area contributed by atoms with Crippen LogP contribution in [0.25, 0.3) is 0 Å². The van der Waals surface area contributed by atoms with Crippen LogP contribution < -0.4 is 9.47 Å². The Hall–Kier alpha value is -1.65. The monoisotopic (exact) mass is 239 g/mol. The molecule has 0 aromatic carbocycles. The molecule has 0 saturated carbocycles. The number of carbonyl (C=O) groups is 1. The number of hydrogen-bond donors (Lipinski definition) is 0. The van der Waals surface area contributed by atoms with Gasteiger partial charge in [0.05, 0.1) is 18.9 Å². The number of esters is 1. The number of aromatic nitrogens is 1. The molecule has 0 unspecified atom stereocenters. The minimum atomic E-state index is -0.142. The largest absolute Gasteiger partial charge is 0.485 e. The van der Waals surface area contributed by atoms with Gasteiger partial charge in [-0.2, -0.15) is 0 Å². The van der Waals surface area contributed by atoms with E-state index in [1.54, 1.807) is 0 Å². The van der Waals surface area contributed by atoms with Crippen molar-refractivity contribution in [1.82, 2.24) is 4.57 Å². The van der Waals surface area contributed by atoms with E-state index in [2.05, 4.69) is 0 Å². The van der Waals surface area contributed by atoms with Crippen LogP contribution in [-0.2, 0) is 16.1 Å². The van der Waals surface area contributed by atoms with E-state index in [4.69, 9.17) is 14.2 Å². The molecule has 0 radical (unpaired) electrons. The Balaban J connectivity index is 1.79. The van der Waals surface area contributed by atoms with Crippen molar-refractivity contribution in [2.45, 2.75) is 26.3 Å². The topological polar surface area (TPSA) is 49.7 Å². The fourth-order valence-electron chi connectivity index (χ4n) is 1.66. The molecule has 0 aliphatic carbocycles. The summed E-state index contributed by atoms with van der Waals surface area (Å²) in [7, 11) is 0. The van der Waals surface area contributed by atoms with Gasteiger partial charge in [0.25, 0.3) is 0 Å². The summed E-state index contributed by atoms with van der Waals surface area (Å²) in [6.45, 7) is 4.13. The van der Waals surface area contributed by atoms with Gasteiger partial charge in [0.2, 0.25) is 0 Å². The van der Waals surface area contributed by atoms with Crippen LogP contribution in [-0.4, -0.2) is 30.4 Å². The highest BCUT2D eigenvalue weighted by Gasteiger charge is 2.14. The van der Waals surface area contributed by atoms with Gasteiger partial charge in [-0.25, -0.2) is 0 Å². The molecule has 1 aromatic rings. The molecule has 0 fully saturated rings. The number of rotatable bonds is 5. The van der Waals surface area contributed by atoms with Gasteiger partial charge < -0.3 is 18.8 Å². The van der Waals surface area contributed by atoms with Crippen LogP contribution in [0.1, 0.15) is 19.8 Å². The first-order chi connectivity index (χ1) is 8.29. The third-order valence-corrected chi connectivity index (χ3v) is 2.47. The third kappa shape index (κ3) is 3.15. The molecule has 0 spiro atoms. The Kier molecular flexibility index (Phi) is 3.90. The molecule has 0 N–H and O–H groups in total. The lowest BCUT2D eigenvalue weighted by molar-refractivity contribution is -0.143. The molecule has 94 valence electrons. The molecular formula is C12H17NO4. The van der Waals surface area contributed by atoms with E-state index < -0.39 is 0 Å². The normalized spacial score (nSPS) is 13.5. The van der Waals surface area contributed by atoms with Gasteiger partial charge in [-0.3, -0.25) is 4.79 Å². The Labute approximate surface area is 100 Å². The highest BCUT2D eigenvalue weighted by Crippen LogP contribution is 2.30. The molecule has 0 amide bonds. The second-order valence-electron chi connectivity index (χ2n) is 3.89. The van der Waals surface area contributed by atoms with Crippen molar-refractivity contribution in [2.75, 3.05) is 19.8 Å². The predicted octanol–water partition coefficient (Wildman–Crippen LogP) is 1.60. The fourth-order valence-corrected chi connectivity index (χ4v) is 1.66. The van der Waals surface area contributed by atoms with Gasteiger partial charge in [0.1, 0.15) is 19.8 Å². The Bertz CT molecular complexity index is 362. The van der Waals surface area contributed by atoms with Crippen molar-refractivity contribution in [3.63, 3.8) is 0 Å². The standard InChI is InChI=1S/C12H17NO4/c1-2-3-12(14)17-5-4-13-8-10-11(9-13)16-7-6-15-10/h8-9H,2-7H2,1H3. The second-order valence-corrected chi connectivity index (χ2v) is 3.89. The summed E-state index contributed by atoms with van der Waals surface area (Å²) < 4.78 is 17.8. The lowest BCUT2D eigenvalue weighted by Crippen LogP contribution is -2.13. The molecule has 1 aromatic heterocycles. The zero-order valence-electron chi connectivity index (χ0n) is 9.98. The van der Waals surface area contributed by atoms with Crippen molar-refractivity contribution >= 4 is 5.97 Å². The predicted molar refractivity (Wildman–Crippen MR) is 61.3 cm³/mol. The van der Waals surface area contributed by atoms with Crippen molar-refractivity contribution < 1.29 is 19.0 Å². The van der Waals surface area contributed by atoms with Crippen molar-refractivity contribution in [1.29, 1.82) is 0 Å². The Morgan fingerprint density at radius 3 is 2.59 bits per heavy atom. The van der Waals surface area contributed by atoms with Crippen molar-refractivity contribution in [2.24, 2.45) is 0 Å². The SMILES string of the molecule is CCCC(=O)OCCn1cc2c(c1)OCCO2. The highest BCUT2D eigenvalue weighted by atomic mass is 16.6. The quantitative estimate of drug-likeness (QED) is 0.732. The maximum Gasteiger partial charge on any atom is 0.305 e. The van der Waals surface area contributed by atoms with Crippen LogP contribution in [0.4, 0.5) is 0 Å². The van der Waals surface area contributed by atoms with Crippen LogP contribution in [0.15, 0.2) is 12.4 Å². The van der Waals surface area contributed by atoms with Crippen LogP contribution >= 0.6 is 0 Å². The Morgan fingerprint density at radius 1 is 1.35 bits per heavy atom. The zero-order valence-corrected chi connectivity index (χ0v) is 9.98. The first kappa shape index (κ1) is 11.8. The zero-order chi connectivity index (χ0) is 12.1. The molecule has 17 heavy (non-hydrogen) atoms. The number of hydrogen-bond acceptors (Lipinski definition) is 4. The minimum absolute atomic E-state index is 0.142. The van der Waals surface area contributed by atoms with E-state index in [0.717, 1.165) is 17.9 Å². The lowest BCUT2D eigenvalue weighted by Gasteiger charge is -2.13. The molecule has 2 rings (SSSR count). The van der Waals surface area contributed by atoms with E-state index in [-0.39, 0.29) is 5.97 Å². The van der Waals surface area contributed by atoms with Gasteiger partial charge in [-0.1, -0.05) is 6.92 Å². The first-order valence-corrected chi connectivity index (χ1v) is 5.90. The average Bonchev–Trinajstić information content (AvgIpc) is 2.71. The van der Waals surface area contributed by atoms with E-state index in [0.29, 0.717) is 32.8 Å². The first-order valence-electron chi connectivity index (χ1n) is 5.90. The van der Waals surface area contributed by atoms with Gasteiger partial charge in [0, 0.05) is 6.42 Å². The van der Waals surface area contributed by atoms with Gasteiger partial charge >= 0.3 is 5.97 Å². The second kappa shape index (κ2) is 5.61. The summed E-state index contributed by atoms with van der Waals surface area (Å²) in [6.07, 6.45) is 5.02. The minimum Gasteiger partial charge on any atom is -0.485 e. The summed E-state index contributed by atoms with van der Waals surface area (Å²) in [5.74, 6) is 1.38. The van der Waals surface area contributed by atoms with E-state index >= 15 is 0 Å². The molecule has 1 aliphatic heterocycles. The lowest BCUT2D eigenvalue weighted by atomic mass is 10.3. The number of nitrogens with zero attached hydrogens (tertiary/aromatic N) is 1. The summed E-state index contributed by atoms with van der Waals surface area (Å²) in [4.78, 5) is 11.1. The Morgan fingerprint density at radius 2 is 2.00 bits per heavy atom. The van der Waals surface area contributed by atoms with Gasteiger partial charge in [-0.15, -0.1) is 0 Å². The van der Waals surface area contributed by atoms with Crippen LogP contribution in [0.5, 0.6) is 11.5 Å². The van der Waals surface area contributed by atoms with Gasteiger partial charge in [0.15, 0.2) is 11.5 Å². The van der Waals surface area contributed by atoms with Gasteiger partial charge in [-0.05, 0) is 6.42 Å². The number of carbonyl (C=O) groups excluding carboxylic acids is 1. The maximum absolute atomic E-state index is 11.1. The molecular weight excluding hydrogens is 222 g/mol. The van der Waals surface area contributed by atoms with Crippen LogP contribution in [0.3, 0.4) is 0 Å². The molecule has 2 heterocycles. The number of ether oxygens (including phenoxy) is 3. The van der Waals surface area contributed by atoms with Crippen molar-refractivity contribution in [3.05, 3.63) is 12.4 Å². The van der Waals surface area contributed by atoms with E-state index in [9.17, 15) is 4.79 Å². The van der Waals surface area contributed by atoms with Crippen LogP contribution in [0.2, 0.25) is 0 Å². The van der Waals surface area contributed by atoms with E-state index in [1.807, 2.05) is 23.9 Å². The van der Waals surface area contributed by atoms with Crippen molar-refractivity contribution in [3.8, 4) is 11.5 Å². The molecule has 5 heteroatoms. The smallest absolute Gasteiger partial charge is 0.305 e. The summed E-state index contributed by atoms with van der Waals surface area (Å²) in [6, 6.07) is 0. The number of fused-ring (bicyclic) bond motifs is 1. The fraction of sp³-hybridized carbons (Fsp3) is 0.583. The summed E-state index contributed by atoms with van der Waals surface area (Å²) in [5.41, 5.74) is 0. The highest BCUT2D eigenvalue weighted by molar-refractivity contribution is 5.69.